The third kappa shape index (κ3) is 3.33. The van der Waals surface area contributed by atoms with Crippen LogP contribution in [0.3, 0.4) is 0 Å². The lowest BCUT2D eigenvalue weighted by atomic mass is 9.65. The highest BCUT2D eigenvalue weighted by Crippen LogP contribution is 2.57. The van der Waals surface area contributed by atoms with E-state index in [2.05, 4.69) is 0 Å². The zero-order chi connectivity index (χ0) is 22.5. The summed E-state index contributed by atoms with van der Waals surface area (Å²) in [4.78, 5) is 57.9. The van der Waals surface area contributed by atoms with Crippen molar-refractivity contribution in [1.82, 2.24) is 14.7 Å². The van der Waals surface area contributed by atoms with E-state index in [1.807, 2.05) is 4.90 Å². The van der Waals surface area contributed by atoms with Gasteiger partial charge < -0.3 is 19.4 Å². The van der Waals surface area contributed by atoms with Gasteiger partial charge in [-0.25, -0.2) is 0 Å². The van der Waals surface area contributed by atoms with Crippen molar-refractivity contribution in [3.8, 4) is 0 Å². The Hall–Kier alpha value is -2.38. The minimum atomic E-state index is -1.01. The van der Waals surface area contributed by atoms with Gasteiger partial charge >= 0.3 is 5.97 Å². The summed E-state index contributed by atoms with van der Waals surface area (Å²) in [5.41, 5.74) is 1.04. The Kier molecular flexibility index (Phi) is 5.50. The van der Waals surface area contributed by atoms with Gasteiger partial charge in [0.05, 0.1) is 12.5 Å². The summed E-state index contributed by atoms with van der Waals surface area (Å²) in [7, 11) is 0. The second kappa shape index (κ2) is 8.19. The topological polar surface area (TPSA) is 87.2 Å². The van der Waals surface area contributed by atoms with Crippen molar-refractivity contribution in [1.29, 1.82) is 0 Å². The van der Waals surface area contributed by atoms with Gasteiger partial charge in [-0.1, -0.05) is 0 Å². The minimum absolute atomic E-state index is 0.0293. The number of esters is 1. The molecule has 8 nitrogen and oxygen atoms in total. The summed E-state index contributed by atoms with van der Waals surface area (Å²) in [6.45, 7) is 4.73. The maximum absolute atomic E-state index is 13.5. The van der Waals surface area contributed by atoms with Crippen LogP contribution >= 0.6 is 0 Å². The molecule has 174 valence electrons. The van der Waals surface area contributed by atoms with Gasteiger partial charge in [0.15, 0.2) is 0 Å². The molecule has 0 bridgehead atoms. The number of amides is 3. The average Bonchev–Trinajstić information content (AvgIpc) is 3.63. The minimum Gasteiger partial charge on any atom is -0.465 e. The second-order valence-corrected chi connectivity index (χ2v) is 9.83. The first-order chi connectivity index (χ1) is 15.5. The molecular formula is C24H33N3O5. The molecule has 3 heterocycles. The number of hydrogen-bond acceptors (Lipinski definition) is 5. The van der Waals surface area contributed by atoms with Crippen LogP contribution in [0.1, 0.15) is 58.3 Å². The maximum atomic E-state index is 13.5. The number of nitrogens with zero attached hydrogens (tertiary/aromatic N) is 3. The van der Waals surface area contributed by atoms with Crippen molar-refractivity contribution >= 4 is 23.7 Å². The predicted molar refractivity (Wildman–Crippen MR) is 115 cm³/mol. The van der Waals surface area contributed by atoms with Crippen molar-refractivity contribution < 1.29 is 23.9 Å². The monoisotopic (exact) mass is 443 g/mol. The average molecular weight is 444 g/mol. The second-order valence-electron chi connectivity index (χ2n) is 9.83. The first-order valence-corrected chi connectivity index (χ1v) is 12.2. The van der Waals surface area contributed by atoms with Crippen LogP contribution in [0.5, 0.6) is 0 Å². The summed E-state index contributed by atoms with van der Waals surface area (Å²) >= 11 is 0. The first kappa shape index (κ1) is 21.5. The lowest BCUT2D eigenvalue weighted by Gasteiger charge is -2.40. The number of allylic oxidation sites excluding steroid dienone is 1. The van der Waals surface area contributed by atoms with Gasteiger partial charge in [-0.05, 0) is 57.4 Å². The smallest absolute Gasteiger partial charge is 0.318 e. The molecule has 0 unspecified atom stereocenters. The van der Waals surface area contributed by atoms with Crippen molar-refractivity contribution in [2.75, 3.05) is 39.3 Å². The zero-order valence-corrected chi connectivity index (χ0v) is 18.9. The fourth-order valence-electron chi connectivity index (χ4n) is 6.26. The molecule has 2 aliphatic carbocycles. The van der Waals surface area contributed by atoms with Crippen LogP contribution in [0.4, 0.5) is 0 Å². The van der Waals surface area contributed by atoms with E-state index in [-0.39, 0.29) is 42.6 Å². The van der Waals surface area contributed by atoms with Crippen molar-refractivity contribution in [3.63, 3.8) is 0 Å². The highest BCUT2D eigenvalue weighted by Gasteiger charge is 2.63. The molecule has 0 radical (unpaired) electrons. The first-order valence-electron chi connectivity index (χ1n) is 12.2. The molecule has 0 aromatic carbocycles. The molecule has 2 atom stereocenters. The van der Waals surface area contributed by atoms with E-state index in [9.17, 15) is 19.2 Å². The highest BCUT2D eigenvalue weighted by molar-refractivity contribution is 5.99. The molecular weight excluding hydrogens is 410 g/mol. The number of carbonyl (C=O) groups excluding carboxylic acids is 4. The predicted octanol–water partition coefficient (Wildman–Crippen LogP) is 1.70. The van der Waals surface area contributed by atoms with Gasteiger partial charge in [-0.15, -0.1) is 0 Å². The van der Waals surface area contributed by atoms with Gasteiger partial charge in [-0.3, -0.25) is 19.2 Å². The Morgan fingerprint density at radius 3 is 2.38 bits per heavy atom. The van der Waals surface area contributed by atoms with Crippen LogP contribution < -0.4 is 0 Å². The summed E-state index contributed by atoms with van der Waals surface area (Å²) in [6, 6.07) is 0. The van der Waals surface area contributed by atoms with Gasteiger partial charge in [-0.2, -0.15) is 0 Å². The Balaban J connectivity index is 1.35. The normalized spacial score (nSPS) is 29.8. The van der Waals surface area contributed by atoms with E-state index in [4.69, 9.17) is 4.74 Å². The molecule has 0 aromatic heterocycles. The van der Waals surface area contributed by atoms with Gasteiger partial charge in [0.25, 0.3) is 0 Å². The third-order valence-corrected chi connectivity index (χ3v) is 7.99. The number of carbonyl (C=O) groups is 4. The standard InChI is InChI=1S/C24H33N3O5/c1-2-32-23(31)24-9-3-5-16-6-4-10-27(20(16)24)22(30)18(24)15-19(28)25-11-13-26(14-12-25)21(29)17-7-8-17/h17-18H,2-15H2,1H3/t18-,24-/m1/s1. The Morgan fingerprint density at radius 1 is 1.00 bits per heavy atom. The SMILES string of the molecule is CCOC(=O)[C@@]12CCCC3=C1N(CCC3)C(=O)[C@H]2CC(=O)N1CCN(C(=O)C2CC2)CC1. The third-order valence-electron chi connectivity index (χ3n) is 7.99. The van der Waals surface area contributed by atoms with Crippen molar-refractivity contribution in [2.45, 2.75) is 58.3 Å². The van der Waals surface area contributed by atoms with Crippen LogP contribution in [0.2, 0.25) is 0 Å². The van der Waals surface area contributed by atoms with E-state index in [1.165, 1.54) is 5.57 Å². The molecule has 3 fully saturated rings. The fraction of sp³-hybridized carbons (Fsp3) is 0.750. The molecule has 5 rings (SSSR count). The summed E-state index contributed by atoms with van der Waals surface area (Å²) in [5, 5.41) is 0. The number of rotatable bonds is 5. The molecule has 8 heteroatoms. The van der Waals surface area contributed by atoms with Gasteiger partial charge in [0, 0.05) is 50.8 Å². The van der Waals surface area contributed by atoms with Crippen molar-refractivity contribution in [2.24, 2.45) is 17.3 Å². The van der Waals surface area contributed by atoms with Crippen molar-refractivity contribution in [3.05, 3.63) is 11.3 Å². The number of ether oxygens (including phenoxy) is 1. The Labute approximate surface area is 188 Å². The van der Waals surface area contributed by atoms with Gasteiger partial charge in [0.1, 0.15) is 5.41 Å². The quantitative estimate of drug-likeness (QED) is 0.604. The number of hydrogen-bond donors (Lipinski definition) is 0. The largest absolute Gasteiger partial charge is 0.465 e. The molecule has 3 amide bonds. The fourth-order valence-corrected chi connectivity index (χ4v) is 6.26. The summed E-state index contributed by atoms with van der Waals surface area (Å²) in [6.07, 6.45) is 6.12. The van der Waals surface area contributed by atoms with Crippen LogP contribution in [0, 0.1) is 17.3 Å². The Bertz CT molecular complexity index is 867. The van der Waals surface area contributed by atoms with Crippen LogP contribution in [-0.2, 0) is 23.9 Å². The lowest BCUT2D eigenvalue weighted by molar-refractivity contribution is -0.159. The molecule has 5 aliphatic rings. The molecule has 0 aromatic rings. The lowest BCUT2D eigenvalue weighted by Crippen LogP contribution is -2.52. The molecule has 3 aliphatic heterocycles. The molecule has 32 heavy (non-hydrogen) atoms. The maximum Gasteiger partial charge on any atom is 0.318 e. The summed E-state index contributed by atoms with van der Waals surface area (Å²) in [5.74, 6) is -0.834. The summed E-state index contributed by atoms with van der Waals surface area (Å²) < 4.78 is 5.50. The zero-order valence-electron chi connectivity index (χ0n) is 18.9. The number of piperazine rings is 1. The highest BCUT2D eigenvalue weighted by atomic mass is 16.5. The van der Waals surface area contributed by atoms with Crippen LogP contribution in [-0.4, -0.2) is 77.7 Å². The van der Waals surface area contributed by atoms with E-state index in [0.29, 0.717) is 39.1 Å². The molecule has 2 saturated heterocycles. The van der Waals surface area contributed by atoms with E-state index in [1.54, 1.807) is 16.7 Å². The molecule has 1 saturated carbocycles. The van der Waals surface area contributed by atoms with Crippen LogP contribution in [0.15, 0.2) is 11.3 Å². The Morgan fingerprint density at radius 2 is 1.69 bits per heavy atom. The van der Waals surface area contributed by atoms with Crippen LogP contribution in [0.25, 0.3) is 0 Å². The molecule has 0 spiro atoms. The van der Waals surface area contributed by atoms with E-state index in [0.717, 1.165) is 44.2 Å². The van der Waals surface area contributed by atoms with Gasteiger partial charge in [0.2, 0.25) is 17.7 Å². The molecule has 0 N–H and O–H groups in total. The van der Waals surface area contributed by atoms with E-state index < -0.39 is 11.3 Å². The van der Waals surface area contributed by atoms with E-state index >= 15 is 0 Å².